The van der Waals surface area contributed by atoms with Crippen LogP contribution in [0.4, 0.5) is 0 Å². The zero-order chi connectivity index (χ0) is 16.9. The maximum Gasteiger partial charge on any atom is 0.339 e. The average Bonchev–Trinajstić information content (AvgIpc) is 2.59. The molecule has 3 aromatic rings. The van der Waals surface area contributed by atoms with Crippen molar-refractivity contribution in [1.29, 1.82) is 0 Å². The summed E-state index contributed by atoms with van der Waals surface area (Å²) in [6, 6.07) is 17.1. The van der Waals surface area contributed by atoms with Gasteiger partial charge in [0.15, 0.2) is 0 Å². The van der Waals surface area contributed by atoms with Crippen molar-refractivity contribution in [2.24, 2.45) is 0 Å². The van der Waals surface area contributed by atoms with Gasteiger partial charge in [0.1, 0.15) is 19.0 Å². The van der Waals surface area contributed by atoms with E-state index in [1.165, 1.54) is 0 Å². The lowest BCUT2D eigenvalue weighted by Gasteiger charge is -2.10. The Morgan fingerprint density at radius 1 is 1.00 bits per heavy atom. The molecule has 2 aromatic carbocycles. The lowest BCUT2D eigenvalue weighted by Crippen LogP contribution is -2.13. The topological polar surface area (TPSA) is 48.4 Å². The van der Waals surface area contributed by atoms with Crippen molar-refractivity contribution in [2.75, 3.05) is 13.2 Å². The summed E-state index contributed by atoms with van der Waals surface area (Å²) < 4.78 is 10.9. The second-order valence-electron chi connectivity index (χ2n) is 5.63. The van der Waals surface area contributed by atoms with Gasteiger partial charge in [-0.05, 0) is 44.2 Å². The summed E-state index contributed by atoms with van der Waals surface area (Å²) in [5.74, 6) is 0.405. The van der Waals surface area contributed by atoms with E-state index < -0.39 is 0 Å². The Kier molecular flexibility index (Phi) is 4.75. The number of aryl methyl sites for hydroxylation is 2. The third-order valence-corrected chi connectivity index (χ3v) is 3.64. The van der Waals surface area contributed by atoms with Crippen molar-refractivity contribution in [3.8, 4) is 5.75 Å². The van der Waals surface area contributed by atoms with Gasteiger partial charge in [-0.25, -0.2) is 4.79 Å². The Morgan fingerprint density at radius 2 is 1.79 bits per heavy atom. The van der Waals surface area contributed by atoms with Gasteiger partial charge in [-0.15, -0.1) is 0 Å². The highest BCUT2D eigenvalue weighted by Crippen LogP contribution is 2.21. The highest BCUT2D eigenvalue weighted by Gasteiger charge is 2.13. The van der Waals surface area contributed by atoms with E-state index in [0.29, 0.717) is 12.2 Å². The second kappa shape index (κ2) is 7.13. The van der Waals surface area contributed by atoms with Gasteiger partial charge in [0, 0.05) is 11.1 Å². The van der Waals surface area contributed by atoms with Crippen molar-refractivity contribution in [1.82, 2.24) is 4.98 Å². The Balaban J connectivity index is 1.68. The van der Waals surface area contributed by atoms with Gasteiger partial charge >= 0.3 is 5.97 Å². The summed E-state index contributed by atoms with van der Waals surface area (Å²) in [6.45, 7) is 4.37. The number of hydrogen-bond acceptors (Lipinski definition) is 4. The smallest absolute Gasteiger partial charge is 0.339 e. The van der Waals surface area contributed by atoms with Gasteiger partial charge < -0.3 is 9.47 Å². The molecule has 0 N–H and O–H groups in total. The number of hydrogen-bond donors (Lipinski definition) is 0. The maximum atomic E-state index is 12.4. The molecule has 0 saturated heterocycles. The summed E-state index contributed by atoms with van der Waals surface area (Å²) >= 11 is 0. The number of para-hydroxylation sites is 1. The van der Waals surface area contributed by atoms with Crippen LogP contribution in [0.25, 0.3) is 10.9 Å². The van der Waals surface area contributed by atoms with Crippen LogP contribution in [-0.2, 0) is 4.74 Å². The van der Waals surface area contributed by atoms with E-state index in [-0.39, 0.29) is 12.6 Å². The minimum Gasteiger partial charge on any atom is -0.490 e. The number of carbonyl (C=O) groups excluding carboxylic acids is 1. The van der Waals surface area contributed by atoms with Gasteiger partial charge in [0.05, 0.1) is 11.1 Å². The molecule has 0 spiro atoms. The molecule has 3 rings (SSSR count). The first-order valence-electron chi connectivity index (χ1n) is 7.86. The molecule has 1 heterocycles. The second-order valence-corrected chi connectivity index (χ2v) is 5.63. The van der Waals surface area contributed by atoms with Crippen molar-refractivity contribution in [3.05, 3.63) is 71.4 Å². The van der Waals surface area contributed by atoms with Crippen LogP contribution in [0.15, 0.2) is 54.6 Å². The normalized spacial score (nSPS) is 10.6. The molecule has 0 saturated carbocycles. The summed E-state index contributed by atoms with van der Waals surface area (Å²) in [5.41, 5.74) is 3.21. The van der Waals surface area contributed by atoms with Crippen molar-refractivity contribution in [3.63, 3.8) is 0 Å². The molecule has 0 atom stereocenters. The van der Waals surface area contributed by atoms with Crippen LogP contribution in [0.5, 0.6) is 5.75 Å². The first kappa shape index (κ1) is 16.0. The van der Waals surface area contributed by atoms with E-state index in [9.17, 15) is 4.79 Å². The lowest BCUT2D eigenvalue weighted by molar-refractivity contribution is 0.0452. The molecule has 0 aliphatic carbocycles. The molecular weight excluding hydrogens is 302 g/mol. The Morgan fingerprint density at radius 3 is 2.58 bits per heavy atom. The van der Waals surface area contributed by atoms with E-state index in [0.717, 1.165) is 27.9 Å². The molecule has 0 aliphatic rings. The molecule has 1 aromatic heterocycles. The fraction of sp³-hybridized carbons (Fsp3) is 0.200. The number of benzene rings is 2. The van der Waals surface area contributed by atoms with Gasteiger partial charge in [-0.1, -0.05) is 29.8 Å². The van der Waals surface area contributed by atoms with Crippen molar-refractivity contribution in [2.45, 2.75) is 13.8 Å². The summed E-state index contributed by atoms with van der Waals surface area (Å²) in [6.07, 6.45) is 0. The van der Waals surface area contributed by atoms with Crippen LogP contribution >= 0.6 is 0 Å². The molecule has 24 heavy (non-hydrogen) atoms. The van der Waals surface area contributed by atoms with E-state index in [2.05, 4.69) is 4.98 Å². The minimum absolute atomic E-state index is 0.197. The Hall–Kier alpha value is -2.88. The summed E-state index contributed by atoms with van der Waals surface area (Å²) in [7, 11) is 0. The fourth-order valence-corrected chi connectivity index (χ4v) is 2.53. The summed E-state index contributed by atoms with van der Waals surface area (Å²) in [4.78, 5) is 16.9. The highest BCUT2D eigenvalue weighted by molar-refractivity contribution is 6.03. The van der Waals surface area contributed by atoms with Crippen molar-refractivity contribution < 1.29 is 14.3 Å². The number of carbonyl (C=O) groups is 1. The molecule has 122 valence electrons. The van der Waals surface area contributed by atoms with Crippen LogP contribution in [-0.4, -0.2) is 24.2 Å². The van der Waals surface area contributed by atoms with Crippen LogP contribution in [0.1, 0.15) is 21.6 Å². The quantitative estimate of drug-likeness (QED) is 0.524. The first-order valence-corrected chi connectivity index (χ1v) is 7.86. The van der Waals surface area contributed by atoms with Gasteiger partial charge in [-0.2, -0.15) is 0 Å². The Bertz CT molecular complexity index is 859. The zero-order valence-electron chi connectivity index (χ0n) is 13.8. The molecule has 0 fully saturated rings. The Labute approximate surface area is 141 Å². The number of rotatable bonds is 5. The monoisotopic (exact) mass is 321 g/mol. The first-order chi connectivity index (χ1) is 11.6. The largest absolute Gasteiger partial charge is 0.490 e. The third-order valence-electron chi connectivity index (χ3n) is 3.64. The predicted molar refractivity (Wildman–Crippen MR) is 93.4 cm³/mol. The average molecular weight is 321 g/mol. The number of pyridine rings is 1. The fourth-order valence-electron chi connectivity index (χ4n) is 2.53. The highest BCUT2D eigenvalue weighted by atomic mass is 16.6. The zero-order valence-corrected chi connectivity index (χ0v) is 13.8. The molecule has 0 unspecified atom stereocenters. The molecule has 0 aliphatic heterocycles. The standard InChI is InChI=1S/C20H19NO3/c1-14-8-9-19-17(12-14)18(13-15(2)21-19)20(22)24-11-10-23-16-6-4-3-5-7-16/h3-9,12-13H,10-11H2,1-2H3. The van der Waals surface area contributed by atoms with E-state index in [1.54, 1.807) is 6.07 Å². The third kappa shape index (κ3) is 3.71. The number of esters is 1. The number of aromatic nitrogens is 1. The summed E-state index contributed by atoms with van der Waals surface area (Å²) in [5, 5.41) is 0.814. The number of fused-ring (bicyclic) bond motifs is 1. The van der Waals surface area contributed by atoms with Crippen LogP contribution in [0, 0.1) is 13.8 Å². The van der Waals surface area contributed by atoms with Crippen molar-refractivity contribution >= 4 is 16.9 Å². The molecule has 4 nitrogen and oxygen atoms in total. The maximum absolute atomic E-state index is 12.4. The lowest BCUT2D eigenvalue weighted by atomic mass is 10.1. The molecule has 4 heteroatoms. The van der Waals surface area contributed by atoms with Crippen LogP contribution in [0.2, 0.25) is 0 Å². The van der Waals surface area contributed by atoms with E-state index >= 15 is 0 Å². The molecule has 0 bridgehead atoms. The number of nitrogens with zero attached hydrogens (tertiary/aromatic N) is 1. The van der Waals surface area contributed by atoms with Gasteiger partial charge in [0.2, 0.25) is 0 Å². The minimum atomic E-state index is -0.354. The predicted octanol–water partition coefficient (Wildman–Crippen LogP) is 4.09. The molecular formula is C20H19NO3. The molecule has 0 amide bonds. The van der Waals surface area contributed by atoms with Gasteiger partial charge in [-0.3, -0.25) is 4.98 Å². The van der Waals surface area contributed by atoms with Crippen LogP contribution < -0.4 is 4.74 Å². The SMILES string of the molecule is Cc1ccc2nc(C)cc(C(=O)OCCOc3ccccc3)c2c1. The number of ether oxygens (including phenoxy) is 2. The molecule has 0 radical (unpaired) electrons. The van der Waals surface area contributed by atoms with Crippen LogP contribution in [0.3, 0.4) is 0 Å². The van der Waals surface area contributed by atoms with E-state index in [4.69, 9.17) is 9.47 Å². The van der Waals surface area contributed by atoms with Gasteiger partial charge in [0.25, 0.3) is 0 Å². The van der Waals surface area contributed by atoms with E-state index in [1.807, 2.05) is 62.4 Å².